The fraction of sp³-hybridized carbons (Fsp3) is 0.182. The minimum Gasteiger partial charge on any atom is -0.478 e. The number of carbonyl (C=O) groups excluding carboxylic acids is 2. The van der Waals surface area contributed by atoms with Gasteiger partial charge in [-0.25, -0.2) is 4.79 Å². The predicted molar refractivity (Wildman–Crippen MR) is 69.2 cm³/mol. The molecule has 0 spiro atoms. The third-order valence-corrected chi connectivity index (χ3v) is 2.51. The monoisotopic (exact) mass is 294 g/mol. The van der Waals surface area contributed by atoms with Gasteiger partial charge < -0.3 is 5.11 Å². The fourth-order valence-electron chi connectivity index (χ4n) is 1.45. The van der Waals surface area contributed by atoms with E-state index in [0.717, 1.165) is 32.3 Å². The zero-order chi connectivity index (χ0) is 16.2. The van der Waals surface area contributed by atoms with E-state index in [1.54, 1.807) is 0 Å². The predicted octanol–water partition coefficient (Wildman–Crippen LogP) is 0.892. The van der Waals surface area contributed by atoms with Crippen molar-refractivity contribution in [3.05, 3.63) is 44.7 Å². The van der Waals surface area contributed by atoms with Crippen molar-refractivity contribution in [1.82, 2.24) is 10.0 Å². The first-order valence-corrected chi connectivity index (χ1v) is 5.42. The van der Waals surface area contributed by atoms with Crippen molar-refractivity contribution in [3.63, 3.8) is 0 Å². The lowest BCUT2D eigenvalue weighted by Crippen LogP contribution is -2.24. The fourth-order valence-corrected chi connectivity index (χ4v) is 1.45. The average Bonchev–Trinajstić information content (AvgIpc) is 2.51. The van der Waals surface area contributed by atoms with Gasteiger partial charge in [0.25, 0.3) is 11.8 Å². The Morgan fingerprint density at radius 3 is 1.48 bits per heavy atom. The summed E-state index contributed by atoms with van der Waals surface area (Å²) in [6.07, 6.45) is 0. The first-order valence-electron chi connectivity index (χ1n) is 5.42. The van der Waals surface area contributed by atoms with Gasteiger partial charge in [0.15, 0.2) is 0 Å². The number of nitroso groups, excluding NO2 is 2. The molecule has 0 aliphatic carbocycles. The Balaban J connectivity index is 3.40. The van der Waals surface area contributed by atoms with Gasteiger partial charge in [0.2, 0.25) is 0 Å². The molecule has 0 aliphatic heterocycles. The lowest BCUT2D eigenvalue weighted by atomic mass is 10.0. The highest BCUT2D eigenvalue weighted by Crippen LogP contribution is 2.14. The average molecular weight is 294 g/mol. The highest BCUT2D eigenvalue weighted by molar-refractivity contribution is 6.02. The zero-order valence-corrected chi connectivity index (χ0v) is 11.0. The molecule has 0 bridgehead atoms. The molecule has 110 valence electrons. The molecule has 1 N–H and O–H groups in total. The molecule has 1 aromatic carbocycles. The highest BCUT2D eigenvalue weighted by Gasteiger charge is 2.20. The maximum atomic E-state index is 11.8. The van der Waals surface area contributed by atoms with Gasteiger partial charge in [0.05, 0.1) is 16.1 Å². The minimum atomic E-state index is -1.39. The van der Waals surface area contributed by atoms with E-state index in [1.807, 2.05) is 0 Å². The van der Waals surface area contributed by atoms with Crippen LogP contribution in [0, 0.1) is 9.81 Å². The third-order valence-electron chi connectivity index (χ3n) is 2.51. The molecule has 0 aliphatic rings. The van der Waals surface area contributed by atoms with Crippen LogP contribution in [0.5, 0.6) is 0 Å². The van der Waals surface area contributed by atoms with E-state index in [4.69, 9.17) is 5.11 Å². The van der Waals surface area contributed by atoms with Gasteiger partial charge in [-0.05, 0) is 18.2 Å². The molecule has 0 aromatic heterocycles. The van der Waals surface area contributed by atoms with Crippen molar-refractivity contribution in [2.45, 2.75) is 0 Å². The Bertz CT molecular complexity index is 585. The smallest absolute Gasteiger partial charge is 0.335 e. The van der Waals surface area contributed by atoms with Crippen LogP contribution in [-0.4, -0.2) is 47.0 Å². The second-order valence-corrected chi connectivity index (χ2v) is 3.93. The Kier molecular flexibility index (Phi) is 4.78. The van der Waals surface area contributed by atoms with Gasteiger partial charge in [-0.15, -0.1) is 9.81 Å². The van der Waals surface area contributed by atoms with Crippen LogP contribution in [-0.2, 0) is 0 Å². The summed E-state index contributed by atoms with van der Waals surface area (Å²) in [6, 6.07) is 3.01. The van der Waals surface area contributed by atoms with Crippen molar-refractivity contribution >= 4 is 17.8 Å². The number of aromatic carboxylic acids is 1. The molecule has 1 rings (SSSR count). The van der Waals surface area contributed by atoms with Crippen LogP contribution in [0.4, 0.5) is 0 Å². The molecule has 0 atom stereocenters. The van der Waals surface area contributed by atoms with Crippen LogP contribution >= 0.6 is 0 Å². The summed E-state index contributed by atoms with van der Waals surface area (Å²) in [6.45, 7) is 0. The summed E-state index contributed by atoms with van der Waals surface area (Å²) in [4.78, 5) is 55.2. The van der Waals surface area contributed by atoms with Gasteiger partial charge in [-0.2, -0.15) is 10.0 Å². The van der Waals surface area contributed by atoms with Gasteiger partial charge in [-0.1, -0.05) is 0 Å². The van der Waals surface area contributed by atoms with E-state index in [1.165, 1.54) is 0 Å². The molecular formula is C11H10N4O6. The number of rotatable bonds is 5. The van der Waals surface area contributed by atoms with Crippen molar-refractivity contribution in [2.75, 3.05) is 14.1 Å². The lowest BCUT2D eigenvalue weighted by molar-refractivity contribution is 0.0697. The standard InChI is InChI=1S/C11H10N4O6/c1-14(12-20)9(16)6-3-7(10(17)15(2)13-21)5-8(4-6)11(18)19/h3-5H,1-2H3,(H,18,19). The maximum Gasteiger partial charge on any atom is 0.335 e. The summed E-state index contributed by atoms with van der Waals surface area (Å²) < 4.78 is 0. The Hall–Kier alpha value is -3.17. The molecule has 10 heteroatoms. The van der Waals surface area contributed by atoms with Crippen molar-refractivity contribution in [2.24, 2.45) is 10.6 Å². The molecule has 0 saturated carbocycles. The highest BCUT2D eigenvalue weighted by atomic mass is 16.4. The van der Waals surface area contributed by atoms with E-state index in [2.05, 4.69) is 10.6 Å². The van der Waals surface area contributed by atoms with Gasteiger partial charge >= 0.3 is 5.97 Å². The summed E-state index contributed by atoms with van der Waals surface area (Å²) in [5, 5.41) is 14.6. The number of hydrogen-bond donors (Lipinski definition) is 1. The first-order chi connectivity index (χ1) is 9.81. The van der Waals surface area contributed by atoms with E-state index >= 15 is 0 Å². The Morgan fingerprint density at radius 1 is 0.857 bits per heavy atom. The number of benzene rings is 1. The van der Waals surface area contributed by atoms with E-state index in [0.29, 0.717) is 10.0 Å². The number of carbonyl (C=O) groups is 3. The molecule has 0 heterocycles. The summed E-state index contributed by atoms with van der Waals surface area (Å²) in [7, 11) is 2.15. The number of carboxylic acid groups (broad SMARTS) is 1. The summed E-state index contributed by atoms with van der Waals surface area (Å²) in [5.41, 5.74) is -0.831. The van der Waals surface area contributed by atoms with Crippen LogP contribution < -0.4 is 0 Å². The summed E-state index contributed by atoms with van der Waals surface area (Å²) >= 11 is 0. The number of nitrogens with zero attached hydrogens (tertiary/aromatic N) is 4. The van der Waals surface area contributed by atoms with E-state index in [-0.39, 0.29) is 16.7 Å². The molecule has 0 unspecified atom stereocenters. The SMILES string of the molecule is CN(N=O)C(=O)c1cc(C(=O)O)cc(C(=O)N(C)N=O)c1. The topological polar surface area (TPSA) is 137 Å². The third kappa shape index (κ3) is 3.43. The molecule has 0 fully saturated rings. The number of carboxylic acids is 1. The molecule has 10 nitrogen and oxygen atoms in total. The quantitative estimate of drug-likeness (QED) is 0.632. The van der Waals surface area contributed by atoms with Gasteiger partial charge in [-0.3, -0.25) is 9.59 Å². The maximum absolute atomic E-state index is 11.8. The second kappa shape index (κ2) is 6.32. The van der Waals surface area contributed by atoms with Crippen LogP contribution in [0.2, 0.25) is 0 Å². The van der Waals surface area contributed by atoms with Crippen LogP contribution in [0.25, 0.3) is 0 Å². The van der Waals surface area contributed by atoms with E-state index in [9.17, 15) is 24.2 Å². The van der Waals surface area contributed by atoms with Crippen molar-refractivity contribution < 1.29 is 19.5 Å². The number of amides is 2. The lowest BCUT2D eigenvalue weighted by Gasteiger charge is -2.11. The van der Waals surface area contributed by atoms with Gasteiger partial charge in [0.1, 0.15) is 0 Å². The second-order valence-electron chi connectivity index (χ2n) is 3.93. The Morgan fingerprint density at radius 2 is 1.19 bits per heavy atom. The van der Waals surface area contributed by atoms with Crippen LogP contribution in [0.3, 0.4) is 0 Å². The van der Waals surface area contributed by atoms with Crippen molar-refractivity contribution in [3.8, 4) is 0 Å². The zero-order valence-electron chi connectivity index (χ0n) is 11.0. The molecule has 0 saturated heterocycles. The Labute approximate surface area is 117 Å². The molecular weight excluding hydrogens is 284 g/mol. The van der Waals surface area contributed by atoms with Gasteiger partial charge in [0, 0.05) is 25.2 Å². The molecule has 21 heavy (non-hydrogen) atoms. The minimum absolute atomic E-state index is 0.236. The van der Waals surface area contributed by atoms with Crippen LogP contribution in [0.15, 0.2) is 28.8 Å². The molecule has 1 aromatic rings. The summed E-state index contributed by atoms with van der Waals surface area (Å²) in [5.74, 6) is -3.19. The molecule has 2 amide bonds. The van der Waals surface area contributed by atoms with E-state index < -0.39 is 17.8 Å². The van der Waals surface area contributed by atoms with Crippen molar-refractivity contribution in [1.29, 1.82) is 0 Å². The largest absolute Gasteiger partial charge is 0.478 e. The first kappa shape index (κ1) is 15.9. The van der Waals surface area contributed by atoms with Crippen LogP contribution in [0.1, 0.15) is 31.1 Å². The normalized spacial score (nSPS) is 9.62. The molecule has 0 radical (unpaired) electrons. The number of hydrogen-bond acceptors (Lipinski definition) is 7.